The molecule has 0 radical (unpaired) electrons. The molecule has 0 aliphatic rings. The third-order valence-corrected chi connectivity index (χ3v) is 4.37. The molecule has 0 fully saturated rings. The van der Waals surface area contributed by atoms with Crippen molar-refractivity contribution in [2.24, 2.45) is 0 Å². The maximum absolute atomic E-state index is 12.3. The summed E-state index contributed by atoms with van der Waals surface area (Å²) in [5.41, 5.74) is 1.06. The number of pyridine rings is 1. The minimum Gasteiger partial charge on any atom is -0.468 e. The zero-order valence-electron chi connectivity index (χ0n) is 14.7. The van der Waals surface area contributed by atoms with Crippen molar-refractivity contribution in [1.29, 1.82) is 0 Å². The van der Waals surface area contributed by atoms with Crippen LogP contribution in [-0.4, -0.2) is 29.6 Å². The zero-order valence-corrected chi connectivity index (χ0v) is 15.5. The molecule has 29 heavy (non-hydrogen) atoms. The summed E-state index contributed by atoms with van der Waals surface area (Å²) in [6.07, 6.45) is -3.36. The van der Waals surface area contributed by atoms with Crippen LogP contribution in [0, 0.1) is 0 Å². The van der Waals surface area contributed by atoms with E-state index in [2.05, 4.69) is 20.4 Å². The Labute approximate surface area is 167 Å². The Hall–Kier alpha value is -3.40. The van der Waals surface area contributed by atoms with Crippen molar-refractivity contribution in [3.05, 3.63) is 70.5 Å². The van der Waals surface area contributed by atoms with E-state index in [9.17, 15) is 22.8 Å². The molecule has 0 aliphatic heterocycles. The number of benzene rings is 1. The number of thiophene rings is 1. The minimum atomic E-state index is -4.47. The normalized spacial score (nSPS) is 11.0. The molecule has 2 aromatic heterocycles. The summed E-state index contributed by atoms with van der Waals surface area (Å²) >= 11 is 1.31. The molecule has 0 aliphatic carbocycles. The lowest BCUT2D eigenvalue weighted by atomic mass is 10.2. The number of hydrogen-bond donors (Lipinski definition) is 2. The lowest BCUT2D eigenvalue weighted by Gasteiger charge is -2.10. The molecule has 0 atom stereocenters. The van der Waals surface area contributed by atoms with Gasteiger partial charge in [0.25, 0.3) is 11.8 Å². The van der Waals surface area contributed by atoms with Crippen LogP contribution in [0.25, 0.3) is 0 Å². The third kappa shape index (κ3) is 6.04. The second kappa shape index (κ2) is 8.74. The molecule has 10 heteroatoms. The molecule has 3 rings (SSSR count). The molecule has 0 saturated carbocycles. The molecular weight excluding hydrogens is 407 g/mol. The number of hydrogen-bond acceptors (Lipinski definition) is 5. The highest BCUT2D eigenvalue weighted by atomic mass is 32.1. The number of alkyl halides is 3. The number of nitrogens with zero attached hydrogens (tertiary/aromatic N) is 1. The molecule has 0 bridgehead atoms. The predicted octanol–water partition coefficient (Wildman–Crippen LogP) is 4.59. The number of carbonyl (C=O) groups excluding carboxylic acids is 2. The van der Waals surface area contributed by atoms with Crippen LogP contribution in [0.3, 0.4) is 0 Å². The van der Waals surface area contributed by atoms with E-state index in [0.29, 0.717) is 16.3 Å². The average molecular weight is 421 g/mol. The predicted molar refractivity (Wildman–Crippen MR) is 102 cm³/mol. The molecular formula is C19H14F3N3O3S. The Morgan fingerprint density at radius 3 is 2.31 bits per heavy atom. The third-order valence-electron chi connectivity index (χ3n) is 3.51. The maximum Gasteiger partial charge on any atom is 0.422 e. The van der Waals surface area contributed by atoms with Crippen molar-refractivity contribution in [1.82, 2.24) is 4.98 Å². The summed E-state index contributed by atoms with van der Waals surface area (Å²) in [5.74, 6) is -1.01. The van der Waals surface area contributed by atoms with Gasteiger partial charge in [0, 0.05) is 23.6 Å². The molecule has 0 saturated heterocycles. The maximum atomic E-state index is 12.3. The molecule has 2 N–H and O–H groups in total. The van der Waals surface area contributed by atoms with E-state index in [1.54, 1.807) is 41.8 Å². The largest absolute Gasteiger partial charge is 0.468 e. The van der Waals surface area contributed by atoms with Gasteiger partial charge >= 0.3 is 6.18 Å². The first-order chi connectivity index (χ1) is 13.8. The molecule has 2 amide bonds. The smallest absolute Gasteiger partial charge is 0.422 e. The minimum absolute atomic E-state index is 0.136. The van der Waals surface area contributed by atoms with Crippen molar-refractivity contribution >= 4 is 34.5 Å². The second-order valence-corrected chi connectivity index (χ2v) is 6.70. The summed E-state index contributed by atoms with van der Waals surface area (Å²) in [5, 5.41) is 7.16. The summed E-state index contributed by atoms with van der Waals surface area (Å²) < 4.78 is 40.9. The van der Waals surface area contributed by atoms with Gasteiger partial charge in [0.1, 0.15) is 0 Å². The monoisotopic (exact) mass is 421 g/mol. The van der Waals surface area contributed by atoms with Gasteiger partial charge in [-0.1, -0.05) is 12.1 Å². The van der Waals surface area contributed by atoms with Crippen molar-refractivity contribution in [2.45, 2.75) is 6.18 Å². The summed E-state index contributed by atoms with van der Waals surface area (Å²) in [6.45, 7) is -1.46. The molecule has 3 aromatic rings. The first-order valence-electron chi connectivity index (χ1n) is 8.22. The van der Waals surface area contributed by atoms with Crippen molar-refractivity contribution in [2.75, 3.05) is 17.2 Å². The molecule has 0 spiro atoms. The fourth-order valence-corrected chi connectivity index (χ4v) is 2.85. The lowest BCUT2D eigenvalue weighted by molar-refractivity contribution is -0.154. The standard InChI is InChI=1S/C19H14F3N3O3S/c20-19(21,22)11-28-16-7-6-12(10-23-16)17(26)24-13-3-1-4-14(9-13)25-18(27)15-5-2-8-29-15/h1-10H,11H2,(H,24,26)(H,25,27). The first kappa shape index (κ1) is 20.3. The highest BCUT2D eigenvalue weighted by Gasteiger charge is 2.28. The van der Waals surface area contributed by atoms with Gasteiger partial charge in [0.2, 0.25) is 5.88 Å². The van der Waals surface area contributed by atoms with E-state index in [4.69, 9.17) is 0 Å². The summed E-state index contributed by atoms with van der Waals surface area (Å²) in [4.78, 5) is 28.6. The Kier molecular flexibility index (Phi) is 6.13. The van der Waals surface area contributed by atoms with Gasteiger partial charge in [-0.15, -0.1) is 11.3 Å². The van der Waals surface area contributed by atoms with E-state index in [1.165, 1.54) is 23.5 Å². The van der Waals surface area contributed by atoms with E-state index in [0.717, 1.165) is 6.20 Å². The van der Waals surface area contributed by atoms with E-state index >= 15 is 0 Å². The Bertz CT molecular complexity index is 990. The fraction of sp³-hybridized carbons (Fsp3) is 0.105. The fourth-order valence-electron chi connectivity index (χ4n) is 2.23. The number of carbonyl (C=O) groups is 2. The molecule has 0 unspecified atom stereocenters. The highest BCUT2D eigenvalue weighted by molar-refractivity contribution is 7.12. The van der Waals surface area contributed by atoms with Crippen molar-refractivity contribution in [3.63, 3.8) is 0 Å². The van der Waals surface area contributed by atoms with Crippen molar-refractivity contribution in [3.8, 4) is 5.88 Å². The molecule has 150 valence electrons. The van der Waals surface area contributed by atoms with E-state index in [1.807, 2.05) is 0 Å². The number of aromatic nitrogens is 1. The van der Waals surface area contributed by atoms with E-state index < -0.39 is 18.7 Å². The number of nitrogens with one attached hydrogen (secondary N) is 2. The van der Waals surface area contributed by atoms with Gasteiger partial charge in [0.05, 0.1) is 10.4 Å². The topological polar surface area (TPSA) is 80.3 Å². The van der Waals surface area contributed by atoms with Crippen LogP contribution in [0.4, 0.5) is 24.5 Å². The number of ether oxygens (including phenoxy) is 1. The number of rotatable bonds is 6. The molecule has 2 heterocycles. The zero-order chi connectivity index (χ0) is 20.9. The first-order valence-corrected chi connectivity index (χ1v) is 9.10. The lowest BCUT2D eigenvalue weighted by Crippen LogP contribution is -2.19. The van der Waals surface area contributed by atoms with E-state index in [-0.39, 0.29) is 17.4 Å². The average Bonchev–Trinajstić information content (AvgIpc) is 3.21. The quantitative estimate of drug-likeness (QED) is 0.610. The van der Waals surface area contributed by atoms with Crippen LogP contribution >= 0.6 is 11.3 Å². The van der Waals surface area contributed by atoms with Crippen LogP contribution in [0.15, 0.2) is 60.1 Å². The number of anilines is 2. The van der Waals surface area contributed by atoms with Gasteiger partial charge in [0.15, 0.2) is 6.61 Å². The number of amides is 2. The van der Waals surface area contributed by atoms with Crippen LogP contribution < -0.4 is 15.4 Å². The van der Waals surface area contributed by atoms with Gasteiger partial charge < -0.3 is 15.4 Å². The second-order valence-electron chi connectivity index (χ2n) is 5.76. The van der Waals surface area contributed by atoms with Crippen LogP contribution in [0.1, 0.15) is 20.0 Å². The number of halogens is 3. The van der Waals surface area contributed by atoms with Crippen LogP contribution in [0.5, 0.6) is 5.88 Å². The van der Waals surface area contributed by atoms with Crippen LogP contribution in [0.2, 0.25) is 0 Å². The highest BCUT2D eigenvalue weighted by Crippen LogP contribution is 2.19. The molecule has 1 aromatic carbocycles. The van der Waals surface area contributed by atoms with Crippen molar-refractivity contribution < 1.29 is 27.5 Å². The van der Waals surface area contributed by atoms with Gasteiger partial charge in [-0.3, -0.25) is 9.59 Å². The Morgan fingerprint density at radius 1 is 1.00 bits per heavy atom. The summed E-state index contributed by atoms with van der Waals surface area (Å²) in [7, 11) is 0. The van der Waals surface area contributed by atoms with Gasteiger partial charge in [-0.25, -0.2) is 4.98 Å². The van der Waals surface area contributed by atoms with Gasteiger partial charge in [-0.2, -0.15) is 13.2 Å². The molecule has 6 nitrogen and oxygen atoms in total. The van der Waals surface area contributed by atoms with Crippen LogP contribution in [-0.2, 0) is 0 Å². The van der Waals surface area contributed by atoms with Gasteiger partial charge in [-0.05, 0) is 35.7 Å². The summed E-state index contributed by atoms with van der Waals surface area (Å²) in [6, 6.07) is 12.5. The Morgan fingerprint density at radius 2 is 1.72 bits per heavy atom. The SMILES string of the molecule is O=C(Nc1cccc(NC(=O)c2cccs2)c1)c1ccc(OCC(F)(F)F)nc1. The Balaban J connectivity index is 1.61.